The van der Waals surface area contributed by atoms with Crippen molar-refractivity contribution in [1.82, 2.24) is 4.90 Å². The number of rotatable bonds is 3. The first-order chi connectivity index (χ1) is 6.76. The van der Waals surface area contributed by atoms with E-state index in [0.29, 0.717) is 0 Å². The first-order valence-electron chi connectivity index (χ1n) is 6.48. The Bertz CT molecular complexity index is 215. The van der Waals surface area contributed by atoms with Gasteiger partial charge in [-0.1, -0.05) is 6.92 Å². The van der Waals surface area contributed by atoms with Gasteiger partial charge >= 0.3 is 0 Å². The average Bonchev–Trinajstić information content (AvgIpc) is 3.09. The summed E-state index contributed by atoms with van der Waals surface area (Å²) < 4.78 is 0. The molecule has 1 heterocycles. The molecule has 0 unspecified atom stereocenters. The zero-order valence-electron chi connectivity index (χ0n) is 9.52. The minimum Gasteiger partial charge on any atom is -0.303 e. The van der Waals surface area contributed by atoms with E-state index in [2.05, 4.69) is 11.8 Å². The van der Waals surface area contributed by atoms with Gasteiger partial charge in [-0.05, 0) is 68.9 Å². The summed E-state index contributed by atoms with van der Waals surface area (Å²) in [4.78, 5) is 2.75. The smallest absolute Gasteiger partial charge is 0.00379 e. The van der Waals surface area contributed by atoms with E-state index in [-0.39, 0.29) is 0 Å². The van der Waals surface area contributed by atoms with Crippen LogP contribution >= 0.6 is 0 Å². The van der Waals surface area contributed by atoms with Crippen LogP contribution in [0, 0.1) is 10.8 Å². The molecular formula is C13H23N. The van der Waals surface area contributed by atoms with Gasteiger partial charge in [-0.3, -0.25) is 0 Å². The molecule has 1 nitrogen and oxygen atoms in total. The molecule has 1 aliphatic heterocycles. The monoisotopic (exact) mass is 193 g/mol. The van der Waals surface area contributed by atoms with Gasteiger partial charge in [0.2, 0.25) is 0 Å². The highest BCUT2D eigenvalue weighted by Crippen LogP contribution is 2.55. The molecule has 2 saturated carbocycles. The van der Waals surface area contributed by atoms with Gasteiger partial charge in [0.25, 0.3) is 0 Å². The van der Waals surface area contributed by atoms with Gasteiger partial charge in [-0.25, -0.2) is 0 Å². The van der Waals surface area contributed by atoms with Gasteiger partial charge in [0.15, 0.2) is 0 Å². The molecule has 0 N–H and O–H groups in total. The maximum Gasteiger partial charge on any atom is 0.00379 e. The summed E-state index contributed by atoms with van der Waals surface area (Å²) in [5, 5.41) is 0. The number of hydrogen-bond acceptors (Lipinski definition) is 1. The first kappa shape index (κ1) is 9.21. The Kier molecular flexibility index (Phi) is 1.96. The highest BCUT2D eigenvalue weighted by molar-refractivity contribution is 4.99. The molecule has 3 aliphatic rings. The molecule has 0 aromatic rings. The molecule has 0 amide bonds. The van der Waals surface area contributed by atoms with E-state index in [9.17, 15) is 0 Å². The summed E-state index contributed by atoms with van der Waals surface area (Å²) >= 11 is 0. The van der Waals surface area contributed by atoms with Crippen molar-refractivity contribution in [1.29, 1.82) is 0 Å². The third kappa shape index (κ3) is 1.60. The fourth-order valence-electron chi connectivity index (χ4n) is 3.14. The van der Waals surface area contributed by atoms with Crippen LogP contribution in [-0.4, -0.2) is 24.5 Å². The van der Waals surface area contributed by atoms with Crippen LogP contribution in [-0.2, 0) is 0 Å². The quantitative estimate of drug-likeness (QED) is 0.666. The Morgan fingerprint density at radius 3 is 2.00 bits per heavy atom. The Morgan fingerprint density at radius 1 is 0.929 bits per heavy atom. The lowest BCUT2D eigenvalue weighted by Crippen LogP contribution is -2.38. The molecule has 0 radical (unpaired) electrons. The van der Waals surface area contributed by atoms with Crippen LogP contribution < -0.4 is 0 Å². The van der Waals surface area contributed by atoms with Gasteiger partial charge in [0, 0.05) is 6.54 Å². The molecule has 3 rings (SSSR count). The summed E-state index contributed by atoms with van der Waals surface area (Å²) in [5.74, 6) is 0. The van der Waals surface area contributed by atoms with Crippen LogP contribution in [0.3, 0.4) is 0 Å². The van der Waals surface area contributed by atoms with Crippen LogP contribution in [0.2, 0.25) is 0 Å². The van der Waals surface area contributed by atoms with Gasteiger partial charge in [-0.15, -0.1) is 0 Å². The molecular weight excluding hydrogens is 170 g/mol. The molecule has 80 valence electrons. The molecule has 0 aromatic carbocycles. The Labute approximate surface area is 87.9 Å². The average molecular weight is 193 g/mol. The highest BCUT2D eigenvalue weighted by atomic mass is 15.1. The van der Waals surface area contributed by atoms with E-state index >= 15 is 0 Å². The van der Waals surface area contributed by atoms with Crippen LogP contribution in [0.4, 0.5) is 0 Å². The molecule has 3 fully saturated rings. The fraction of sp³-hybridized carbons (Fsp3) is 1.00. The third-order valence-electron chi connectivity index (χ3n) is 5.14. The van der Waals surface area contributed by atoms with Crippen molar-refractivity contribution in [2.24, 2.45) is 10.8 Å². The molecule has 1 spiro atoms. The second kappa shape index (κ2) is 2.98. The van der Waals surface area contributed by atoms with Gasteiger partial charge in [0.1, 0.15) is 0 Å². The zero-order valence-corrected chi connectivity index (χ0v) is 9.52. The predicted molar refractivity (Wildman–Crippen MR) is 59.3 cm³/mol. The zero-order chi connectivity index (χ0) is 9.65. The number of hydrogen-bond donors (Lipinski definition) is 0. The largest absolute Gasteiger partial charge is 0.303 e. The van der Waals surface area contributed by atoms with E-state index in [0.717, 1.165) is 10.8 Å². The number of piperidine rings is 1. The molecule has 1 saturated heterocycles. The lowest BCUT2D eigenvalue weighted by atomic mass is 9.92. The summed E-state index contributed by atoms with van der Waals surface area (Å²) in [6.07, 6.45) is 10.5. The Balaban J connectivity index is 1.50. The standard InChI is InChI=1S/C13H23N/c1-2-12(3-4-12)11-14-9-7-13(5-6-13)8-10-14/h2-11H2,1H3. The van der Waals surface area contributed by atoms with Gasteiger partial charge < -0.3 is 4.90 Å². The van der Waals surface area contributed by atoms with Crippen molar-refractivity contribution < 1.29 is 0 Å². The molecule has 0 atom stereocenters. The van der Waals surface area contributed by atoms with Crippen LogP contribution in [0.1, 0.15) is 51.9 Å². The van der Waals surface area contributed by atoms with Crippen LogP contribution in [0.15, 0.2) is 0 Å². The normalized spacial score (nSPS) is 33.2. The minimum absolute atomic E-state index is 0.772. The van der Waals surface area contributed by atoms with E-state index in [4.69, 9.17) is 0 Å². The number of likely N-dealkylation sites (tertiary alicyclic amines) is 1. The minimum atomic E-state index is 0.772. The van der Waals surface area contributed by atoms with E-state index in [1.165, 1.54) is 51.7 Å². The lowest BCUT2D eigenvalue weighted by molar-refractivity contribution is 0.142. The predicted octanol–water partition coefficient (Wildman–Crippen LogP) is 3.05. The van der Waals surface area contributed by atoms with Crippen LogP contribution in [0.5, 0.6) is 0 Å². The first-order valence-corrected chi connectivity index (χ1v) is 6.48. The Morgan fingerprint density at radius 2 is 1.57 bits per heavy atom. The molecule has 14 heavy (non-hydrogen) atoms. The van der Waals surface area contributed by atoms with Crippen molar-refractivity contribution in [3.8, 4) is 0 Å². The SMILES string of the molecule is CCC1(CN2CCC3(CC2)CC3)CC1. The maximum atomic E-state index is 2.75. The number of nitrogens with zero attached hydrogens (tertiary/aromatic N) is 1. The molecule has 0 aromatic heterocycles. The van der Waals surface area contributed by atoms with Gasteiger partial charge in [-0.2, -0.15) is 0 Å². The summed E-state index contributed by atoms with van der Waals surface area (Å²) in [7, 11) is 0. The topological polar surface area (TPSA) is 3.24 Å². The van der Waals surface area contributed by atoms with Gasteiger partial charge in [0.05, 0.1) is 0 Å². The lowest BCUT2D eigenvalue weighted by Gasteiger charge is -2.34. The second-order valence-corrected chi connectivity index (χ2v) is 6.13. The maximum absolute atomic E-state index is 2.75. The van der Waals surface area contributed by atoms with E-state index < -0.39 is 0 Å². The van der Waals surface area contributed by atoms with Crippen molar-refractivity contribution in [3.63, 3.8) is 0 Å². The fourth-order valence-corrected chi connectivity index (χ4v) is 3.14. The molecule has 0 bridgehead atoms. The van der Waals surface area contributed by atoms with Crippen molar-refractivity contribution >= 4 is 0 Å². The van der Waals surface area contributed by atoms with E-state index in [1.54, 1.807) is 12.8 Å². The van der Waals surface area contributed by atoms with Crippen molar-refractivity contribution in [2.45, 2.75) is 51.9 Å². The van der Waals surface area contributed by atoms with E-state index in [1.807, 2.05) is 0 Å². The second-order valence-electron chi connectivity index (χ2n) is 6.13. The van der Waals surface area contributed by atoms with Crippen LogP contribution in [0.25, 0.3) is 0 Å². The molecule has 2 aliphatic carbocycles. The summed E-state index contributed by atoms with van der Waals surface area (Å²) in [5.41, 5.74) is 1.63. The Hall–Kier alpha value is -0.0400. The molecule has 1 heteroatoms. The third-order valence-corrected chi connectivity index (χ3v) is 5.14. The van der Waals surface area contributed by atoms with Crippen molar-refractivity contribution in [3.05, 3.63) is 0 Å². The summed E-state index contributed by atoms with van der Waals surface area (Å²) in [6.45, 7) is 6.60. The highest BCUT2D eigenvalue weighted by Gasteiger charge is 2.47. The van der Waals surface area contributed by atoms with Crippen molar-refractivity contribution in [2.75, 3.05) is 19.6 Å². The summed E-state index contributed by atoms with van der Waals surface area (Å²) in [6, 6.07) is 0.